The summed E-state index contributed by atoms with van der Waals surface area (Å²) in [6, 6.07) is 23.0. The number of aliphatic imine (C=N–C) groups is 1. The zero-order valence-electron chi connectivity index (χ0n) is 15.1. The number of halogens is 1. The highest BCUT2D eigenvalue weighted by atomic mass is 35.5. The minimum Gasteiger partial charge on any atom is -0.479 e. The topological polar surface area (TPSA) is 75.7 Å². The highest BCUT2D eigenvalue weighted by molar-refractivity contribution is 6.31. The van der Waals surface area contributed by atoms with Crippen molar-refractivity contribution in [2.75, 3.05) is 0 Å². The molecule has 0 fully saturated rings. The summed E-state index contributed by atoms with van der Waals surface area (Å²) in [5.74, 6) is -0.270. The Bertz CT molecular complexity index is 1190. The fourth-order valence-electron chi connectivity index (χ4n) is 2.79. The van der Waals surface area contributed by atoms with Gasteiger partial charge in [-0.1, -0.05) is 60.1 Å². The largest absolute Gasteiger partial charge is 0.479 e. The van der Waals surface area contributed by atoms with Crippen LogP contribution in [0.15, 0.2) is 88.3 Å². The van der Waals surface area contributed by atoms with Crippen molar-refractivity contribution in [3.8, 4) is 17.4 Å². The molecule has 4 rings (SSSR count). The lowest BCUT2D eigenvalue weighted by Crippen LogP contribution is -2.01. The van der Waals surface area contributed by atoms with Crippen LogP contribution in [-0.4, -0.2) is 22.1 Å². The molecule has 1 heterocycles. The number of benzene rings is 3. The second-order valence-corrected chi connectivity index (χ2v) is 6.63. The Balaban J connectivity index is 1.68. The second-order valence-electron chi connectivity index (χ2n) is 6.19. The van der Waals surface area contributed by atoms with Crippen LogP contribution in [0.3, 0.4) is 0 Å². The molecule has 0 aliphatic carbocycles. The van der Waals surface area contributed by atoms with Gasteiger partial charge >= 0.3 is 5.95 Å². The molecule has 0 radical (unpaired) electrons. The Morgan fingerprint density at radius 3 is 2.41 bits per heavy atom. The molecular formula is C23H15ClN2O3. The molecule has 0 saturated heterocycles. The molecule has 0 saturated carbocycles. The first-order valence-electron chi connectivity index (χ1n) is 8.80. The number of aromatic hydroxyl groups is 1. The van der Waals surface area contributed by atoms with Crippen LogP contribution in [0.5, 0.6) is 5.95 Å². The number of hydrogen-bond donors (Lipinski definition) is 1. The molecule has 1 aromatic heterocycles. The van der Waals surface area contributed by atoms with Gasteiger partial charge in [0.25, 0.3) is 0 Å². The lowest BCUT2D eigenvalue weighted by Gasteiger charge is -2.05. The number of oxazole rings is 1. The van der Waals surface area contributed by atoms with Gasteiger partial charge in [0.2, 0.25) is 5.89 Å². The summed E-state index contributed by atoms with van der Waals surface area (Å²) in [4.78, 5) is 21.5. The maximum Gasteiger partial charge on any atom is 0.312 e. The zero-order valence-corrected chi connectivity index (χ0v) is 15.9. The summed E-state index contributed by atoms with van der Waals surface area (Å²) in [7, 11) is 0. The van der Waals surface area contributed by atoms with Crippen LogP contribution in [0.25, 0.3) is 11.5 Å². The maximum atomic E-state index is 12.9. The third-order valence-corrected chi connectivity index (χ3v) is 4.46. The number of nitrogens with zero attached hydrogens (tertiary/aromatic N) is 2. The third-order valence-electron chi connectivity index (χ3n) is 4.22. The van der Waals surface area contributed by atoms with Crippen LogP contribution in [-0.2, 0) is 0 Å². The van der Waals surface area contributed by atoms with E-state index in [2.05, 4.69) is 9.98 Å². The first-order valence-corrected chi connectivity index (χ1v) is 9.18. The van der Waals surface area contributed by atoms with Crippen LogP contribution in [0, 0.1) is 0 Å². The van der Waals surface area contributed by atoms with Crippen LogP contribution in [0.2, 0.25) is 5.02 Å². The molecule has 5 nitrogen and oxygen atoms in total. The second kappa shape index (κ2) is 8.12. The van der Waals surface area contributed by atoms with Gasteiger partial charge in [-0.3, -0.25) is 9.79 Å². The van der Waals surface area contributed by atoms with Crippen molar-refractivity contribution in [2.24, 2.45) is 4.99 Å². The average Bonchev–Trinajstić information content (AvgIpc) is 3.14. The zero-order chi connectivity index (χ0) is 20.2. The summed E-state index contributed by atoms with van der Waals surface area (Å²) in [5.41, 5.74) is 2.19. The molecule has 29 heavy (non-hydrogen) atoms. The van der Waals surface area contributed by atoms with E-state index in [0.717, 1.165) is 5.56 Å². The number of carbonyl (C=O) groups excluding carboxylic acids is 1. The molecule has 0 bridgehead atoms. The summed E-state index contributed by atoms with van der Waals surface area (Å²) < 4.78 is 5.32. The van der Waals surface area contributed by atoms with Crippen molar-refractivity contribution in [3.05, 3.63) is 101 Å². The molecule has 4 aromatic rings. The van der Waals surface area contributed by atoms with Crippen LogP contribution in [0.1, 0.15) is 21.6 Å². The first kappa shape index (κ1) is 18.7. The number of rotatable bonds is 5. The molecule has 1 N–H and O–H groups in total. The maximum absolute atomic E-state index is 12.9. The fraction of sp³-hybridized carbons (Fsp3) is 0. The minimum atomic E-state index is -0.350. The van der Waals surface area contributed by atoms with Gasteiger partial charge < -0.3 is 9.52 Å². The van der Waals surface area contributed by atoms with Crippen molar-refractivity contribution in [2.45, 2.75) is 0 Å². The van der Waals surface area contributed by atoms with E-state index in [1.54, 1.807) is 42.5 Å². The Hall–Kier alpha value is -3.70. The predicted molar refractivity (Wildman–Crippen MR) is 112 cm³/mol. The van der Waals surface area contributed by atoms with Gasteiger partial charge in [-0.05, 0) is 30.3 Å². The Morgan fingerprint density at radius 1 is 1.00 bits per heavy atom. The molecule has 0 unspecified atom stereocenters. The van der Waals surface area contributed by atoms with E-state index in [0.29, 0.717) is 21.8 Å². The standard InChI is InChI=1S/C23H15ClN2O3/c24-17-11-12-19(18(13-17)21(27)15-7-3-1-4-8-15)25-14-20-23(28)29-22(26-20)16-9-5-2-6-10-16/h1-14,28H. The molecule has 6 heteroatoms. The van der Waals surface area contributed by atoms with E-state index in [4.69, 9.17) is 16.0 Å². The Morgan fingerprint density at radius 2 is 1.69 bits per heavy atom. The summed E-state index contributed by atoms with van der Waals surface area (Å²) in [6.45, 7) is 0. The number of hydrogen-bond acceptors (Lipinski definition) is 5. The highest BCUT2D eigenvalue weighted by Crippen LogP contribution is 2.28. The van der Waals surface area contributed by atoms with Crippen LogP contribution >= 0.6 is 11.6 Å². The average molecular weight is 403 g/mol. The van der Waals surface area contributed by atoms with Gasteiger partial charge in [-0.2, -0.15) is 0 Å². The lowest BCUT2D eigenvalue weighted by molar-refractivity contribution is 0.103. The van der Waals surface area contributed by atoms with Crippen molar-refractivity contribution >= 4 is 29.3 Å². The minimum absolute atomic E-state index is 0.164. The van der Waals surface area contributed by atoms with Gasteiger partial charge in [0.1, 0.15) is 0 Å². The fourth-order valence-corrected chi connectivity index (χ4v) is 2.96. The lowest BCUT2D eigenvalue weighted by atomic mass is 10.0. The van der Waals surface area contributed by atoms with Gasteiger partial charge in [0.15, 0.2) is 11.5 Å². The summed E-state index contributed by atoms with van der Waals surface area (Å²) >= 11 is 6.09. The van der Waals surface area contributed by atoms with Gasteiger partial charge in [-0.15, -0.1) is 0 Å². The van der Waals surface area contributed by atoms with E-state index < -0.39 is 0 Å². The Labute approximate surface area is 172 Å². The van der Waals surface area contributed by atoms with E-state index in [1.807, 2.05) is 36.4 Å². The smallest absolute Gasteiger partial charge is 0.312 e. The molecule has 0 aliphatic heterocycles. The van der Waals surface area contributed by atoms with Crippen molar-refractivity contribution in [1.29, 1.82) is 0 Å². The van der Waals surface area contributed by atoms with E-state index in [-0.39, 0.29) is 23.3 Å². The molecule has 0 amide bonds. The molecule has 0 aliphatic rings. The number of carbonyl (C=O) groups is 1. The predicted octanol–water partition coefficient (Wildman–Crippen LogP) is 5.68. The highest BCUT2D eigenvalue weighted by Gasteiger charge is 2.15. The van der Waals surface area contributed by atoms with Gasteiger partial charge in [0.05, 0.1) is 11.9 Å². The molecule has 142 valence electrons. The molecule has 3 aromatic carbocycles. The Kier molecular flexibility index (Phi) is 5.22. The third kappa shape index (κ3) is 4.10. The quantitative estimate of drug-likeness (QED) is 0.344. The van der Waals surface area contributed by atoms with Gasteiger partial charge in [-0.25, -0.2) is 4.98 Å². The van der Waals surface area contributed by atoms with Crippen molar-refractivity contribution in [3.63, 3.8) is 0 Å². The van der Waals surface area contributed by atoms with E-state index >= 15 is 0 Å². The first-order chi connectivity index (χ1) is 14.1. The molecule has 0 spiro atoms. The normalized spacial score (nSPS) is 11.1. The van der Waals surface area contributed by atoms with Crippen molar-refractivity contribution < 1.29 is 14.3 Å². The number of aromatic nitrogens is 1. The van der Waals surface area contributed by atoms with E-state index in [9.17, 15) is 9.90 Å². The number of ketones is 1. The summed E-state index contributed by atoms with van der Waals surface area (Å²) in [6.07, 6.45) is 1.36. The SMILES string of the molecule is O=C(c1ccccc1)c1cc(Cl)ccc1N=Cc1nc(-c2ccccc2)oc1O. The summed E-state index contributed by atoms with van der Waals surface area (Å²) in [5, 5.41) is 10.5. The van der Waals surface area contributed by atoms with Crippen LogP contribution < -0.4 is 0 Å². The monoisotopic (exact) mass is 402 g/mol. The van der Waals surface area contributed by atoms with Gasteiger partial charge in [0, 0.05) is 21.7 Å². The van der Waals surface area contributed by atoms with Crippen LogP contribution in [0.4, 0.5) is 5.69 Å². The molecule has 0 atom stereocenters. The molecular weight excluding hydrogens is 388 g/mol. The van der Waals surface area contributed by atoms with Crippen molar-refractivity contribution in [1.82, 2.24) is 4.98 Å². The van der Waals surface area contributed by atoms with E-state index in [1.165, 1.54) is 6.21 Å².